The van der Waals surface area contributed by atoms with Crippen molar-refractivity contribution in [2.75, 3.05) is 7.11 Å². The highest BCUT2D eigenvalue weighted by atomic mass is 16.5. The minimum atomic E-state index is 0.638. The van der Waals surface area contributed by atoms with Gasteiger partial charge in [0.05, 0.1) is 18.8 Å². The van der Waals surface area contributed by atoms with E-state index in [-0.39, 0.29) is 0 Å². The average Bonchev–Trinajstić information content (AvgIpc) is 2.60. The van der Waals surface area contributed by atoms with Crippen LogP contribution in [0.3, 0.4) is 0 Å². The Morgan fingerprint density at radius 1 is 0.955 bits per heavy atom. The highest BCUT2D eigenvalue weighted by Gasteiger charge is 2.04. The van der Waals surface area contributed by atoms with Crippen LogP contribution in [0.1, 0.15) is 11.1 Å². The second-order valence-corrected chi connectivity index (χ2v) is 4.97. The van der Waals surface area contributed by atoms with Gasteiger partial charge in [0, 0.05) is 0 Å². The van der Waals surface area contributed by atoms with Crippen LogP contribution in [0.4, 0.5) is 0 Å². The maximum atomic E-state index is 9.49. The SMILES string of the molecule is COc1ccc(/C(C#N)=C\c2cccc3ccccc23)cc1. The number of hydrogen-bond donors (Lipinski definition) is 0. The molecule has 3 aromatic carbocycles. The molecule has 2 nitrogen and oxygen atoms in total. The van der Waals surface area contributed by atoms with Crippen molar-refractivity contribution in [3.63, 3.8) is 0 Å². The molecule has 22 heavy (non-hydrogen) atoms. The lowest BCUT2D eigenvalue weighted by Gasteiger charge is -2.05. The summed E-state index contributed by atoms with van der Waals surface area (Å²) in [6.07, 6.45) is 1.93. The number of fused-ring (bicyclic) bond motifs is 1. The third-order valence-corrected chi connectivity index (χ3v) is 3.64. The number of methoxy groups -OCH3 is 1. The zero-order valence-electron chi connectivity index (χ0n) is 12.3. The zero-order chi connectivity index (χ0) is 15.4. The number of allylic oxidation sites excluding steroid dienone is 1. The molecule has 0 aliphatic rings. The molecule has 106 valence electrons. The Bertz CT molecular complexity index is 865. The predicted molar refractivity (Wildman–Crippen MR) is 90.4 cm³/mol. The summed E-state index contributed by atoms with van der Waals surface area (Å²) in [6, 6.07) is 24.1. The van der Waals surface area contributed by atoms with Crippen molar-refractivity contribution in [1.82, 2.24) is 0 Å². The first-order valence-corrected chi connectivity index (χ1v) is 7.06. The maximum Gasteiger partial charge on any atom is 0.118 e. The van der Waals surface area contributed by atoms with Crippen LogP contribution in [-0.4, -0.2) is 7.11 Å². The van der Waals surface area contributed by atoms with E-state index >= 15 is 0 Å². The first-order valence-electron chi connectivity index (χ1n) is 7.06. The van der Waals surface area contributed by atoms with E-state index < -0.39 is 0 Å². The molecule has 0 aromatic heterocycles. The Morgan fingerprint density at radius 3 is 2.41 bits per heavy atom. The number of ether oxygens (including phenoxy) is 1. The van der Waals surface area contributed by atoms with Crippen LogP contribution in [-0.2, 0) is 0 Å². The van der Waals surface area contributed by atoms with Gasteiger partial charge in [-0.3, -0.25) is 0 Å². The summed E-state index contributed by atoms with van der Waals surface area (Å²) < 4.78 is 5.16. The van der Waals surface area contributed by atoms with Crippen LogP contribution in [0.5, 0.6) is 5.75 Å². The van der Waals surface area contributed by atoms with Gasteiger partial charge < -0.3 is 4.74 Å². The third-order valence-electron chi connectivity index (χ3n) is 3.64. The largest absolute Gasteiger partial charge is 0.497 e. The predicted octanol–water partition coefficient (Wildman–Crippen LogP) is 4.91. The normalized spacial score (nSPS) is 11.2. The van der Waals surface area contributed by atoms with Gasteiger partial charge in [-0.05, 0) is 52.2 Å². The fourth-order valence-electron chi connectivity index (χ4n) is 2.48. The third kappa shape index (κ3) is 2.70. The summed E-state index contributed by atoms with van der Waals surface area (Å²) in [4.78, 5) is 0. The second-order valence-electron chi connectivity index (χ2n) is 4.97. The summed E-state index contributed by atoms with van der Waals surface area (Å²) in [7, 11) is 1.63. The minimum absolute atomic E-state index is 0.638. The number of nitriles is 1. The molecular weight excluding hydrogens is 270 g/mol. The smallest absolute Gasteiger partial charge is 0.118 e. The van der Waals surface area contributed by atoms with Gasteiger partial charge in [-0.2, -0.15) is 5.26 Å². The lowest BCUT2D eigenvalue weighted by Crippen LogP contribution is -1.86. The number of rotatable bonds is 3. The van der Waals surface area contributed by atoms with E-state index in [1.807, 2.05) is 54.6 Å². The van der Waals surface area contributed by atoms with Gasteiger partial charge in [0.2, 0.25) is 0 Å². The van der Waals surface area contributed by atoms with Crippen LogP contribution in [0, 0.1) is 11.3 Å². The molecule has 2 heteroatoms. The number of benzene rings is 3. The fourth-order valence-corrected chi connectivity index (χ4v) is 2.48. The number of nitrogens with zero attached hydrogens (tertiary/aromatic N) is 1. The molecule has 0 amide bonds. The standard InChI is InChI=1S/C20H15NO/c1-22-19-11-9-15(10-12-19)18(14-21)13-17-7-4-6-16-5-2-3-8-20(16)17/h2-13H,1H3/b18-13-. The molecule has 0 atom stereocenters. The van der Waals surface area contributed by atoms with Crippen molar-refractivity contribution in [2.24, 2.45) is 0 Å². The summed E-state index contributed by atoms with van der Waals surface area (Å²) in [5, 5.41) is 11.8. The van der Waals surface area contributed by atoms with Gasteiger partial charge in [-0.1, -0.05) is 42.5 Å². The van der Waals surface area contributed by atoms with Crippen LogP contribution in [0.15, 0.2) is 66.7 Å². The fraction of sp³-hybridized carbons (Fsp3) is 0.0500. The van der Waals surface area contributed by atoms with Crippen LogP contribution in [0.25, 0.3) is 22.4 Å². The molecule has 0 aliphatic carbocycles. The lowest BCUT2D eigenvalue weighted by molar-refractivity contribution is 0.415. The van der Waals surface area contributed by atoms with Crippen molar-refractivity contribution in [3.8, 4) is 11.8 Å². The Hall–Kier alpha value is -3.05. The molecule has 0 unspecified atom stereocenters. The molecule has 0 heterocycles. The van der Waals surface area contributed by atoms with Crippen molar-refractivity contribution < 1.29 is 4.74 Å². The Labute approximate surface area is 129 Å². The van der Waals surface area contributed by atoms with E-state index in [0.29, 0.717) is 5.57 Å². The highest BCUT2D eigenvalue weighted by molar-refractivity contribution is 5.98. The molecule has 0 saturated carbocycles. The van der Waals surface area contributed by atoms with Crippen molar-refractivity contribution >= 4 is 22.4 Å². The lowest BCUT2D eigenvalue weighted by atomic mass is 9.99. The summed E-state index contributed by atoms with van der Waals surface area (Å²) >= 11 is 0. The topological polar surface area (TPSA) is 33.0 Å². The van der Waals surface area contributed by atoms with Gasteiger partial charge in [-0.15, -0.1) is 0 Å². The van der Waals surface area contributed by atoms with Gasteiger partial charge in [0.1, 0.15) is 5.75 Å². The van der Waals surface area contributed by atoms with Crippen molar-refractivity contribution in [1.29, 1.82) is 5.26 Å². The molecule has 0 radical (unpaired) electrons. The highest BCUT2D eigenvalue weighted by Crippen LogP contribution is 2.25. The minimum Gasteiger partial charge on any atom is -0.497 e. The monoisotopic (exact) mass is 285 g/mol. The second kappa shape index (κ2) is 6.15. The molecule has 0 spiro atoms. The maximum absolute atomic E-state index is 9.49. The van der Waals surface area contributed by atoms with E-state index in [1.165, 1.54) is 5.39 Å². The molecule has 3 rings (SSSR count). The van der Waals surface area contributed by atoms with Gasteiger partial charge in [-0.25, -0.2) is 0 Å². The van der Waals surface area contributed by atoms with Crippen molar-refractivity contribution in [2.45, 2.75) is 0 Å². The van der Waals surface area contributed by atoms with Crippen LogP contribution in [0.2, 0.25) is 0 Å². The molecule has 3 aromatic rings. The molecule has 0 saturated heterocycles. The summed E-state index contributed by atoms with van der Waals surface area (Å²) in [5.74, 6) is 0.784. The van der Waals surface area contributed by atoms with Crippen LogP contribution >= 0.6 is 0 Å². The average molecular weight is 285 g/mol. The number of hydrogen-bond acceptors (Lipinski definition) is 2. The van der Waals surface area contributed by atoms with E-state index in [2.05, 4.69) is 24.3 Å². The Balaban J connectivity index is 2.09. The Kier molecular flexibility index (Phi) is 3.89. The van der Waals surface area contributed by atoms with E-state index in [1.54, 1.807) is 7.11 Å². The molecule has 0 N–H and O–H groups in total. The first-order chi connectivity index (χ1) is 10.8. The van der Waals surface area contributed by atoms with Gasteiger partial charge in [0.25, 0.3) is 0 Å². The molecular formula is C20H15NO. The van der Waals surface area contributed by atoms with Gasteiger partial charge >= 0.3 is 0 Å². The first kappa shape index (κ1) is 13.9. The molecule has 0 aliphatic heterocycles. The zero-order valence-corrected chi connectivity index (χ0v) is 12.3. The van der Waals surface area contributed by atoms with E-state index in [4.69, 9.17) is 4.74 Å². The summed E-state index contributed by atoms with van der Waals surface area (Å²) in [6.45, 7) is 0. The van der Waals surface area contributed by atoms with Crippen molar-refractivity contribution in [3.05, 3.63) is 77.9 Å². The molecule has 0 fully saturated rings. The van der Waals surface area contributed by atoms with Gasteiger partial charge in [0.15, 0.2) is 0 Å². The van der Waals surface area contributed by atoms with Crippen LogP contribution < -0.4 is 4.74 Å². The Morgan fingerprint density at radius 2 is 1.68 bits per heavy atom. The summed E-state index contributed by atoms with van der Waals surface area (Å²) in [5.41, 5.74) is 2.57. The molecule has 0 bridgehead atoms. The van der Waals surface area contributed by atoms with E-state index in [9.17, 15) is 5.26 Å². The van der Waals surface area contributed by atoms with E-state index in [0.717, 1.165) is 22.3 Å². The quantitative estimate of drug-likeness (QED) is 0.506.